The van der Waals surface area contributed by atoms with Crippen molar-refractivity contribution in [2.24, 2.45) is 0 Å². The summed E-state index contributed by atoms with van der Waals surface area (Å²) in [4.78, 5) is 2.62. The predicted molar refractivity (Wildman–Crippen MR) is 208 cm³/mol. The molecule has 0 amide bonds. The van der Waals surface area contributed by atoms with Crippen LogP contribution in [-0.2, 0) is 0 Å². The van der Waals surface area contributed by atoms with Crippen molar-refractivity contribution in [3.05, 3.63) is 152 Å². The van der Waals surface area contributed by atoms with E-state index in [4.69, 9.17) is 0 Å². The van der Waals surface area contributed by atoms with Gasteiger partial charge in [0.15, 0.2) is 0 Å². The first kappa shape index (κ1) is 25.3. The van der Waals surface area contributed by atoms with Crippen LogP contribution >= 0.6 is 11.3 Å². The van der Waals surface area contributed by atoms with Crippen molar-refractivity contribution in [1.82, 2.24) is 4.48 Å². The molecule has 12 rings (SSSR count). The number of benzene rings is 8. The highest BCUT2D eigenvalue weighted by molar-refractivity contribution is 7.26. The third-order valence-corrected chi connectivity index (χ3v) is 12.0. The summed E-state index contributed by atoms with van der Waals surface area (Å²) in [5, 5.41) is 10.3. The monoisotopic (exact) mass is 624 g/mol. The lowest BCUT2D eigenvalue weighted by atomic mass is 9.44. The summed E-state index contributed by atoms with van der Waals surface area (Å²) in [6.45, 7) is 0.0201. The van der Waals surface area contributed by atoms with Crippen LogP contribution in [-0.4, -0.2) is 11.3 Å². The quantitative estimate of drug-likeness (QED) is 0.165. The molecule has 10 aromatic rings. The normalized spacial score (nSPS) is 13.3. The first-order valence-electron chi connectivity index (χ1n) is 16.6. The van der Waals surface area contributed by atoms with E-state index in [9.17, 15) is 0 Å². The Morgan fingerprint density at radius 1 is 0.479 bits per heavy atom. The average Bonchev–Trinajstić information content (AvgIpc) is 3.69. The van der Waals surface area contributed by atoms with Crippen molar-refractivity contribution < 1.29 is 0 Å². The molecule has 0 unspecified atom stereocenters. The maximum absolute atomic E-state index is 2.66. The molecule has 0 aliphatic carbocycles. The van der Waals surface area contributed by atoms with Crippen LogP contribution < -0.4 is 15.8 Å². The van der Waals surface area contributed by atoms with Crippen LogP contribution in [0.1, 0.15) is 0 Å². The van der Waals surface area contributed by atoms with Crippen LogP contribution in [0.15, 0.2) is 152 Å². The van der Waals surface area contributed by atoms with E-state index >= 15 is 0 Å². The number of rotatable bonds is 1. The standard InChI is InChI=1S/C44H25BN2S/c1-2-12-28-24-29(22-20-26(28)10-1)46-43-30-13-4-3-11-27(30)21-23-36(43)45-41-35(25-39-40(44(41)46)34-15-6-8-19-38(34)48-39)33-17-9-16-32-31-14-5-7-18-37(31)47(45)42(32)33/h1-25H. The summed E-state index contributed by atoms with van der Waals surface area (Å²) in [6, 6.07) is 56.8. The van der Waals surface area contributed by atoms with Crippen LogP contribution in [0.25, 0.3) is 74.6 Å². The van der Waals surface area contributed by atoms with E-state index < -0.39 is 0 Å². The predicted octanol–water partition coefficient (Wildman–Crippen LogP) is 10.9. The molecule has 0 bridgehead atoms. The van der Waals surface area contributed by atoms with Crippen LogP contribution in [0, 0.1) is 0 Å². The second-order valence-electron chi connectivity index (χ2n) is 13.2. The van der Waals surface area contributed by atoms with Gasteiger partial charge in [-0.05, 0) is 63.0 Å². The summed E-state index contributed by atoms with van der Waals surface area (Å²) in [7, 11) is 0. The van der Waals surface area contributed by atoms with Gasteiger partial charge < -0.3 is 9.38 Å². The number of nitrogens with zero attached hydrogens (tertiary/aromatic N) is 2. The van der Waals surface area contributed by atoms with Gasteiger partial charge in [0.2, 0.25) is 0 Å². The van der Waals surface area contributed by atoms with E-state index in [1.54, 1.807) is 0 Å². The lowest BCUT2D eigenvalue weighted by molar-refractivity contribution is 1.28. The van der Waals surface area contributed by atoms with Gasteiger partial charge in [-0.15, -0.1) is 11.3 Å². The molecule has 0 atom stereocenters. The molecule has 0 N–H and O–H groups in total. The zero-order chi connectivity index (χ0) is 31.1. The summed E-state index contributed by atoms with van der Waals surface area (Å²) >= 11 is 1.92. The third-order valence-electron chi connectivity index (χ3n) is 10.9. The van der Waals surface area contributed by atoms with Gasteiger partial charge in [-0.25, -0.2) is 0 Å². The summed E-state index contributed by atoms with van der Waals surface area (Å²) in [5.41, 5.74) is 11.8. The molecule has 220 valence electrons. The molecule has 0 saturated carbocycles. The highest BCUT2D eigenvalue weighted by atomic mass is 32.1. The fourth-order valence-electron chi connectivity index (χ4n) is 9.00. The topological polar surface area (TPSA) is 8.17 Å². The minimum atomic E-state index is 0.0201. The van der Waals surface area contributed by atoms with Crippen molar-refractivity contribution in [2.45, 2.75) is 0 Å². The molecule has 4 heterocycles. The Bertz CT molecular complexity index is 3040. The molecule has 8 aromatic carbocycles. The maximum atomic E-state index is 2.66. The molecule has 0 radical (unpaired) electrons. The Morgan fingerprint density at radius 2 is 1.21 bits per heavy atom. The smallest absolute Gasteiger partial charge is 0.333 e. The Morgan fingerprint density at radius 3 is 2.12 bits per heavy atom. The van der Waals surface area contributed by atoms with Crippen LogP contribution in [0.2, 0.25) is 0 Å². The number of para-hydroxylation sites is 2. The second-order valence-corrected chi connectivity index (χ2v) is 14.3. The number of hydrogen-bond acceptors (Lipinski definition) is 2. The molecule has 0 spiro atoms. The van der Waals surface area contributed by atoms with Crippen LogP contribution in [0.3, 0.4) is 0 Å². The van der Waals surface area contributed by atoms with E-state index in [1.807, 2.05) is 11.3 Å². The van der Waals surface area contributed by atoms with Crippen molar-refractivity contribution in [3.8, 4) is 11.1 Å². The Balaban J connectivity index is 1.35. The molecular weight excluding hydrogens is 599 g/mol. The van der Waals surface area contributed by atoms with E-state index in [0.29, 0.717) is 0 Å². The van der Waals surface area contributed by atoms with Crippen molar-refractivity contribution >= 4 is 110 Å². The third kappa shape index (κ3) is 3.05. The highest BCUT2D eigenvalue weighted by Crippen LogP contribution is 2.52. The Labute approximate surface area is 280 Å². The summed E-state index contributed by atoms with van der Waals surface area (Å²) < 4.78 is 5.32. The fourth-order valence-corrected chi connectivity index (χ4v) is 10.2. The molecule has 0 saturated heterocycles. The van der Waals surface area contributed by atoms with E-state index in [1.165, 1.54) is 103 Å². The van der Waals surface area contributed by atoms with E-state index in [0.717, 1.165) is 0 Å². The van der Waals surface area contributed by atoms with Gasteiger partial charge in [-0.3, -0.25) is 0 Å². The number of hydrogen-bond donors (Lipinski definition) is 0. The Kier molecular flexibility index (Phi) is 4.71. The van der Waals surface area contributed by atoms with Gasteiger partial charge in [-0.1, -0.05) is 121 Å². The maximum Gasteiger partial charge on any atom is 0.333 e. The van der Waals surface area contributed by atoms with Gasteiger partial charge in [0.1, 0.15) is 0 Å². The first-order chi connectivity index (χ1) is 23.8. The van der Waals surface area contributed by atoms with Gasteiger partial charge in [0.25, 0.3) is 0 Å². The first-order valence-corrected chi connectivity index (χ1v) is 17.5. The molecule has 0 fully saturated rings. The average molecular weight is 625 g/mol. The van der Waals surface area contributed by atoms with E-state index in [-0.39, 0.29) is 6.85 Å². The van der Waals surface area contributed by atoms with Crippen LogP contribution in [0.4, 0.5) is 17.1 Å². The van der Waals surface area contributed by atoms with Crippen molar-refractivity contribution in [1.29, 1.82) is 0 Å². The lowest BCUT2D eigenvalue weighted by Gasteiger charge is -2.41. The molecular formula is C44H25BN2S. The molecule has 48 heavy (non-hydrogen) atoms. The fraction of sp³-hybridized carbons (Fsp3) is 0. The zero-order valence-corrected chi connectivity index (χ0v) is 26.6. The summed E-state index contributed by atoms with van der Waals surface area (Å²) in [6.07, 6.45) is 0. The molecule has 2 aromatic heterocycles. The van der Waals surface area contributed by atoms with Gasteiger partial charge in [0.05, 0.1) is 11.4 Å². The zero-order valence-electron chi connectivity index (χ0n) is 25.8. The largest absolute Gasteiger partial charge is 0.375 e. The lowest BCUT2D eigenvalue weighted by Crippen LogP contribution is -2.56. The molecule has 2 nitrogen and oxygen atoms in total. The number of thiophene rings is 1. The molecule has 4 heteroatoms. The molecule has 2 aliphatic heterocycles. The minimum absolute atomic E-state index is 0.0201. The van der Waals surface area contributed by atoms with Gasteiger partial charge in [-0.2, -0.15) is 0 Å². The Hall–Kier alpha value is -5.84. The van der Waals surface area contributed by atoms with Gasteiger partial charge in [0, 0.05) is 58.6 Å². The van der Waals surface area contributed by atoms with Crippen molar-refractivity contribution in [2.75, 3.05) is 4.90 Å². The number of fused-ring (bicyclic) bond motifs is 14. The minimum Gasteiger partial charge on any atom is -0.375 e. The highest BCUT2D eigenvalue weighted by Gasteiger charge is 2.44. The number of anilines is 3. The molecule has 2 aliphatic rings. The van der Waals surface area contributed by atoms with Gasteiger partial charge >= 0.3 is 6.85 Å². The van der Waals surface area contributed by atoms with Crippen LogP contribution in [0.5, 0.6) is 0 Å². The van der Waals surface area contributed by atoms with E-state index in [2.05, 4.69) is 161 Å². The number of aromatic nitrogens is 1. The SMILES string of the molecule is c1ccc2cc(N3c4c(ccc5ccccc45)B4c5c(cc6sc7ccccc7c6c53)-c3cccc5c6ccccc6n4c35)ccc2c1. The van der Waals surface area contributed by atoms with Crippen molar-refractivity contribution in [3.63, 3.8) is 0 Å². The summed E-state index contributed by atoms with van der Waals surface area (Å²) in [5.74, 6) is 0. The second kappa shape index (κ2) is 8.94.